The molecule has 1 saturated heterocycles. The first-order valence-electron chi connectivity index (χ1n) is 8.36. The van der Waals surface area contributed by atoms with E-state index in [0.717, 1.165) is 44.6 Å². The van der Waals surface area contributed by atoms with Crippen LogP contribution in [0.1, 0.15) is 37.7 Å². The van der Waals surface area contributed by atoms with Crippen LogP contribution in [0.15, 0.2) is 24.3 Å². The van der Waals surface area contributed by atoms with E-state index in [0.29, 0.717) is 0 Å². The third-order valence-corrected chi connectivity index (χ3v) is 5.27. The summed E-state index contributed by atoms with van der Waals surface area (Å²) in [4.78, 5) is 12.3. The smallest absolute Gasteiger partial charge is 0.224 e. The normalized spacial score (nSPS) is 22.4. The summed E-state index contributed by atoms with van der Waals surface area (Å²) in [5.74, 6) is 1.25. The molecule has 23 heavy (non-hydrogen) atoms. The number of carbonyl (C=O) groups excluding carboxylic acids is 1. The first-order chi connectivity index (χ1) is 10.7. The van der Waals surface area contributed by atoms with Gasteiger partial charge in [-0.1, -0.05) is 25.0 Å². The summed E-state index contributed by atoms with van der Waals surface area (Å²) in [6, 6.07) is 8.34. The fourth-order valence-electron chi connectivity index (χ4n) is 3.85. The van der Waals surface area contributed by atoms with Gasteiger partial charge in [0.25, 0.3) is 0 Å². The lowest BCUT2D eigenvalue weighted by atomic mass is 9.78. The summed E-state index contributed by atoms with van der Waals surface area (Å²) < 4.78 is 5.37. The molecule has 0 spiro atoms. The Kier molecular flexibility index (Phi) is 6.31. The molecule has 5 heteroatoms. The maximum Gasteiger partial charge on any atom is 0.224 e. The Hall–Kier alpha value is -1.26. The lowest BCUT2D eigenvalue weighted by molar-refractivity contribution is -0.124. The van der Waals surface area contributed by atoms with Crippen LogP contribution in [-0.2, 0) is 10.2 Å². The van der Waals surface area contributed by atoms with E-state index in [1.165, 1.54) is 18.4 Å². The topological polar surface area (TPSA) is 50.4 Å². The van der Waals surface area contributed by atoms with Gasteiger partial charge in [0, 0.05) is 18.5 Å². The Morgan fingerprint density at radius 2 is 2.17 bits per heavy atom. The van der Waals surface area contributed by atoms with Gasteiger partial charge < -0.3 is 15.4 Å². The summed E-state index contributed by atoms with van der Waals surface area (Å²) in [6.45, 7) is 2.52. The van der Waals surface area contributed by atoms with Gasteiger partial charge in [-0.3, -0.25) is 4.79 Å². The van der Waals surface area contributed by atoms with Crippen LogP contribution in [-0.4, -0.2) is 32.7 Å². The second kappa shape index (κ2) is 8.02. The van der Waals surface area contributed by atoms with Gasteiger partial charge >= 0.3 is 0 Å². The Balaban J connectivity index is 0.00000192. The number of halogens is 1. The van der Waals surface area contributed by atoms with Crippen molar-refractivity contribution in [1.82, 2.24) is 10.6 Å². The number of methoxy groups -OCH3 is 1. The van der Waals surface area contributed by atoms with Gasteiger partial charge in [-0.25, -0.2) is 0 Å². The zero-order chi connectivity index (χ0) is 15.4. The van der Waals surface area contributed by atoms with Crippen molar-refractivity contribution in [3.63, 3.8) is 0 Å². The average Bonchev–Trinajstić information content (AvgIpc) is 3.25. The lowest BCUT2D eigenvalue weighted by Gasteiger charge is -2.30. The molecule has 0 bridgehead atoms. The molecule has 4 nitrogen and oxygen atoms in total. The molecule has 1 saturated carbocycles. The van der Waals surface area contributed by atoms with Gasteiger partial charge in [0.15, 0.2) is 0 Å². The highest BCUT2D eigenvalue weighted by atomic mass is 35.5. The predicted octanol–water partition coefficient (Wildman–Crippen LogP) is 2.65. The fraction of sp³-hybridized carbons (Fsp3) is 0.611. The van der Waals surface area contributed by atoms with E-state index < -0.39 is 0 Å². The van der Waals surface area contributed by atoms with Crippen LogP contribution in [0.4, 0.5) is 0 Å². The van der Waals surface area contributed by atoms with Gasteiger partial charge in [0.1, 0.15) is 5.75 Å². The maximum absolute atomic E-state index is 12.3. The molecule has 0 radical (unpaired) electrons. The van der Waals surface area contributed by atoms with E-state index in [2.05, 4.69) is 28.8 Å². The Bertz CT molecular complexity index is 524. The van der Waals surface area contributed by atoms with Crippen molar-refractivity contribution in [2.45, 2.75) is 37.5 Å². The van der Waals surface area contributed by atoms with E-state index in [1.807, 2.05) is 6.07 Å². The van der Waals surface area contributed by atoms with E-state index in [-0.39, 0.29) is 29.6 Å². The van der Waals surface area contributed by atoms with Crippen molar-refractivity contribution in [1.29, 1.82) is 0 Å². The maximum atomic E-state index is 12.3. The zero-order valence-electron chi connectivity index (χ0n) is 13.8. The van der Waals surface area contributed by atoms with E-state index in [1.54, 1.807) is 7.11 Å². The number of benzene rings is 1. The molecule has 1 unspecified atom stereocenters. The Morgan fingerprint density at radius 1 is 1.39 bits per heavy atom. The SMILES string of the molecule is COc1cccc(C2(CNC(=O)C3CCNC3)CCCC2)c1.Cl. The molecule has 2 fully saturated rings. The molecule has 2 aliphatic rings. The minimum Gasteiger partial charge on any atom is -0.497 e. The first-order valence-corrected chi connectivity index (χ1v) is 8.36. The number of hydrogen-bond donors (Lipinski definition) is 2. The predicted molar refractivity (Wildman–Crippen MR) is 94.4 cm³/mol. The lowest BCUT2D eigenvalue weighted by Crippen LogP contribution is -2.42. The minimum atomic E-state index is 0. The molecule has 128 valence electrons. The fourth-order valence-corrected chi connectivity index (χ4v) is 3.85. The second-order valence-electron chi connectivity index (χ2n) is 6.63. The van der Waals surface area contributed by atoms with Crippen molar-refractivity contribution in [2.24, 2.45) is 5.92 Å². The number of carbonyl (C=O) groups is 1. The summed E-state index contributed by atoms with van der Waals surface area (Å²) >= 11 is 0. The summed E-state index contributed by atoms with van der Waals surface area (Å²) in [7, 11) is 1.70. The van der Waals surface area contributed by atoms with Crippen LogP contribution < -0.4 is 15.4 Å². The molecule has 1 aliphatic carbocycles. The molecule has 1 amide bonds. The number of nitrogens with one attached hydrogen (secondary N) is 2. The van der Waals surface area contributed by atoms with Gasteiger partial charge in [-0.2, -0.15) is 0 Å². The van der Waals surface area contributed by atoms with Gasteiger partial charge in [-0.05, 0) is 43.5 Å². The van der Waals surface area contributed by atoms with Gasteiger partial charge in [-0.15, -0.1) is 12.4 Å². The van der Waals surface area contributed by atoms with Crippen LogP contribution in [0.5, 0.6) is 5.75 Å². The number of amides is 1. The average molecular weight is 339 g/mol. The monoisotopic (exact) mass is 338 g/mol. The molecule has 1 aromatic rings. The number of hydrogen-bond acceptors (Lipinski definition) is 3. The van der Waals surface area contributed by atoms with Crippen molar-refractivity contribution in [2.75, 3.05) is 26.7 Å². The van der Waals surface area contributed by atoms with Crippen LogP contribution in [0.2, 0.25) is 0 Å². The van der Waals surface area contributed by atoms with Crippen molar-refractivity contribution < 1.29 is 9.53 Å². The van der Waals surface area contributed by atoms with Crippen molar-refractivity contribution in [3.05, 3.63) is 29.8 Å². The molecular formula is C18H27ClN2O2. The van der Waals surface area contributed by atoms with E-state index in [4.69, 9.17) is 4.74 Å². The Labute approximate surface area is 144 Å². The van der Waals surface area contributed by atoms with Crippen LogP contribution in [0, 0.1) is 5.92 Å². The summed E-state index contributed by atoms with van der Waals surface area (Å²) in [6.07, 6.45) is 5.71. The molecule has 3 rings (SSSR count). The quantitative estimate of drug-likeness (QED) is 0.867. The van der Waals surface area contributed by atoms with Crippen LogP contribution in [0.25, 0.3) is 0 Å². The summed E-state index contributed by atoms with van der Waals surface area (Å²) in [5, 5.41) is 6.48. The first kappa shape index (κ1) is 18.1. The highest BCUT2D eigenvalue weighted by Crippen LogP contribution is 2.41. The van der Waals surface area contributed by atoms with Gasteiger partial charge in [0.2, 0.25) is 5.91 Å². The molecular weight excluding hydrogens is 312 g/mol. The highest BCUT2D eigenvalue weighted by Gasteiger charge is 2.36. The molecule has 1 heterocycles. The van der Waals surface area contributed by atoms with E-state index in [9.17, 15) is 4.79 Å². The van der Waals surface area contributed by atoms with Crippen LogP contribution in [0.3, 0.4) is 0 Å². The molecule has 1 aromatic carbocycles. The van der Waals surface area contributed by atoms with Crippen molar-refractivity contribution >= 4 is 18.3 Å². The molecule has 1 atom stereocenters. The van der Waals surface area contributed by atoms with Crippen molar-refractivity contribution in [3.8, 4) is 5.75 Å². The number of ether oxygens (including phenoxy) is 1. The second-order valence-corrected chi connectivity index (χ2v) is 6.63. The standard InChI is InChI=1S/C18H26N2O2.ClH/c1-22-16-6-4-5-15(11-16)18(8-2-3-9-18)13-20-17(21)14-7-10-19-12-14;/h4-6,11,14,19H,2-3,7-10,12-13H2,1H3,(H,20,21);1H. The zero-order valence-corrected chi connectivity index (χ0v) is 14.6. The molecule has 1 aliphatic heterocycles. The third-order valence-electron chi connectivity index (χ3n) is 5.27. The van der Waals surface area contributed by atoms with Gasteiger partial charge in [0.05, 0.1) is 13.0 Å². The Morgan fingerprint density at radius 3 is 2.83 bits per heavy atom. The van der Waals surface area contributed by atoms with E-state index >= 15 is 0 Å². The minimum absolute atomic E-state index is 0. The number of rotatable bonds is 5. The third kappa shape index (κ3) is 3.99. The highest BCUT2D eigenvalue weighted by molar-refractivity contribution is 5.85. The molecule has 2 N–H and O–H groups in total. The molecule has 0 aromatic heterocycles. The van der Waals surface area contributed by atoms with Crippen LogP contribution >= 0.6 is 12.4 Å². The summed E-state index contributed by atoms with van der Waals surface area (Å²) in [5.41, 5.74) is 1.38. The largest absolute Gasteiger partial charge is 0.497 e.